The van der Waals surface area contributed by atoms with Crippen LogP contribution in [0.3, 0.4) is 0 Å². The minimum Gasteiger partial charge on any atom is -0.497 e. The van der Waals surface area contributed by atoms with Crippen LogP contribution in [0.25, 0.3) is 0 Å². The number of nitrogens with zero attached hydrogens (tertiary/aromatic N) is 2. The molecule has 8 heteroatoms. The predicted octanol–water partition coefficient (Wildman–Crippen LogP) is 3.21. The smallest absolute Gasteiger partial charge is 0.316 e. The first-order chi connectivity index (χ1) is 17.9. The number of imide groups is 1. The zero-order valence-corrected chi connectivity index (χ0v) is 20.3. The van der Waals surface area contributed by atoms with Crippen LogP contribution in [0.5, 0.6) is 11.5 Å². The molecule has 3 amide bonds. The van der Waals surface area contributed by atoms with Crippen LogP contribution in [0, 0.1) is 41.4 Å². The lowest BCUT2D eigenvalue weighted by Crippen LogP contribution is -2.40. The molecule has 8 nitrogen and oxygen atoms in total. The molecule has 2 aromatic carbocycles. The summed E-state index contributed by atoms with van der Waals surface area (Å²) in [5.41, 5.74) is 1.08. The van der Waals surface area contributed by atoms with Crippen molar-refractivity contribution in [3.63, 3.8) is 0 Å². The van der Waals surface area contributed by atoms with Gasteiger partial charge in [-0.3, -0.25) is 19.2 Å². The Hall–Kier alpha value is -3.94. The number of methoxy groups -OCH3 is 1. The highest BCUT2D eigenvalue weighted by Crippen LogP contribution is 2.65. The topological polar surface area (TPSA) is 93.2 Å². The van der Waals surface area contributed by atoms with Crippen LogP contribution in [-0.4, -0.2) is 37.3 Å². The zero-order valence-electron chi connectivity index (χ0n) is 20.3. The van der Waals surface area contributed by atoms with Gasteiger partial charge in [-0.15, -0.1) is 0 Å². The van der Waals surface area contributed by atoms with Gasteiger partial charge < -0.3 is 14.4 Å². The molecule has 0 unspecified atom stereocenters. The Morgan fingerprint density at radius 2 is 1.49 bits per heavy atom. The number of rotatable bonds is 5. The maximum Gasteiger partial charge on any atom is 0.316 e. The molecule has 6 aliphatic rings. The Morgan fingerprint density at radius 3 is 2.16 bits per heavy atom. The number of ether oxygens (including phenoxy) is 2. The van der Waals surface area contributed by atoms with E-state index in [2.05, 4.69) is 12.2 Å². The molecule has 0 radical (unpaired) electrons. The average molecular weight is 499 g/mol. The molecule has 4 fully saturated rings. The molecule has 2 heterocycles. The molecule has 7 atom stereocenters. The van der Waals surface area contributed by atoms with E-state index in [9.17, 15) is 19.2 Å². The maximum atomic E-state index is 13.4. The van der Waals surface area contributed by atoms with Crippen molar-refractivity contribution in [3.05, 3.63) is 60.7 Å². The number of benzene rings is 2. The molecule has 8 rings (SSSR count). The number of amides is 3. The van der Waals surface area contributed by atoms with E-state index in [-0.39, 0.29) is 60.1 Å². The van der Waals surface area contributed by atoms with Crippen molar-refractivity contribution in [1.29, 1.82) is 0 Å². The van der Waals surface area contributed by atoms with E-state index in [1.165, 1.54) is 4.90 Å². The lowest BCUT2D eigenvalue weighted by Gasteiger charge is -2.37. The number of allylic oxidation sites excluding steroid dienone is 2. The zero-order chi connectivity index (χ0) is 25.4. The molecule has 4 aliphatic carbocycles. The van der Waals surface area contributed by atoms with Gasteiger partial charge in [0.15, 0.2) is 0 Å². The van der Waals surface area contributed by atoms with Gasteiger partial charge in [0.2, 0.25) is 17.7 Å². The summed E-state index contributed by atoms with van der Waals surface area (Å²) in [7, 11) is 1.56. The summed E-state index contributed by atoms with van der Waals surface area (Å²) >= 11 is 0. The summed E-state index contributed by atoms with van der Waals surface area (Å²) in [4.78, 5) is 55.3. The lowest BCUT2D eigenvalue weighted by molar-refractivity contribution is -0.139. The molecule has 2 bridgehead atoms. The second kappa shape index (κ2) is 8.03. The molecular formula is C29H26N2O6. The van der Waals surface area contributed by atoms with Gasteiger partial charge in [0.25, 0.3) is 0 Å². The largest absolute Gasteiger partial charge is 0.497 e. The van der Waals surface area contributed by atoms with Crippen molar-refractivity contribution in [2.45, 2.75) is 12.8 Å². The Balaban J connectivity index is 1.07. The van der Waals surface area contributed by atoms with Crippen molar-refractivity contribution in [1.82, 2.24) is 0 Å². The molecule has 37 heavy (non-hydrogen) atoms. The van der Waals surface area contributed by atoms with Gasteiger partial charge in [-0.1, -0.05) is 24.3 Å². The summed E-state index contributed by atoms with van der Waals surface area (Å²) in [5.74, 6) is 0.0301. The number of carbonyl (C=O) groups excluding carboxylic acids is 4. The van der Waals surface area contributed by atoms with E-state index < -0.39 is 11.9 Å². The summed E-state index contributed by atoms with van der Waals surface area (Å²) in [6.45, 7) is 0.203. The predicted molar refractivity (Wildman–Crippen MR) is 133 cm³/mol. The normalized spacial score (nSPS) is 33.0. The third-order valence-corrected chi connectivity index (χ3v) is 8.78. The second-order valence-electron chi connectivity index (χ2n) is 10.7. The summed E-state index contributed by atoms with van der Waals surface area (Å²) in [6.07, 6.45) is 5.44. The van der Waals surface area contributed by atoms with Gasteiger partial charge in [-0.05, 0) is 54.4 Å². The van der Waals surface area contributed by atoms with Crippen LogP contribution >= 0.6 is 0 Å². The highest BCUT2D eigenvalue weighted by Gasteiger charge is 2.67. The first kappa shape index (κ1) is 22.3. The van der Waals surface area contributed by atoms with Crippen molar-refractivity contribution < 1.29 is 28.7 Å². The monoisotopic (exact) mass is 498 g/mol. The van der Waals surface area contributed by atoms with E-state index in [0.29, 0.717) is 29.0 Å². The van der Waals surface area contributed by atoms with Crippen LogP contribution in [0.1, 0.15) is 12.8 Å². The van der Waals surface area contributed by atoms with Crippen molar-refractivity contribution >= 4 is 35.1 Å². The van der Waals surface area contributed by atoms with Gasteiger partial charge in [-0.25, -0.2) is 4.90 Å². The van der Waals surface area contributed by atoms with Gasteiger partial charge in [0, 0.05) is 30.8 Å². The summed E-state index contributed by atoms with van der Waals surface area (Å²) in [5, 5.41) is 0. The Kier molecular flexibility index (Phi) is 4.83. The van der Waals surface area contributed by atoms with Crippen LogP contribution in [0.2, 0.25) is 0 Å². The second-order valence-corrected chi connectivity index (χ2v) is 10.7. The standard InChI is InChI=1S/C29H26N2O6/c1-36-18-6-2-4-16(11-18)30-14-15(10-24(30)32)29(35)37-19-7-3-5-17(12-19)31-27(33)25-20-8-9-21(23-13-22(20)23)26(25)28(31)34/h2-9,11-12,15,20-23,25-26H,10,13-14H2,1H3/t15-,20+,21+,22+,23+,25-,26+/m1/s1. The highest BCUT2D eigenvalue weighted by molar-refractivity contribution is 6.22. The van der Waals surface area contributed by atoms with E-state index >= 15 is 0 Å². The molecule has 0 spiro atoms. The SMILES string of the molecule is COc1cccc(N2C[C@H](C(=O)Oc3cccc(N4C(=O)[C@@H]5[C@H]6C=C[C@@H]([C@@H]7C[C@@H]67)[C@@H]5C4=O)c3)CC2=O)c1. The number of carbonyl (C=O) groups is 4. The number of hydrogen-bond acceptors (Lipinski definition) is 6. The number of esters is 1. The van der Waals surface area contributed by atoms with Crippen LogP contribution in [-0.2, 0) is 19.2 Å². The Labute approximate surface area is 213 Å². The minimum absolute atomic E-state index is 0.0420. The van der Waals surface area contributed by atoms with Crippen LogP contribution < -0.4 is 19.3 Å². The maximum absolute atomic E-state index is 13.4. The number of hydrogen-bond donors (Lipinski definition) is 0. The van der Waals surface area contributed by atoms with Gasteiger partial charge in [0.1, 0.15) is 11.5 Å². The molecule has 0 N–H and O–H groups in total. The first-order valence-corrected chi connectivity index (χ1v) is 12.8. The van der Waals surface area contributed by atoms with Crippen LogP contribution in [0.4, 0.5) is 11.4 Å². The average Bonchev–Trinajstić information content (AvgIpc) is 3.58. The Bertz CT molecular complexity index is 1350. The van der Waals surface area contributed by atoms with E-state index in [1.807, 2.05) is 0 Å². The molecule has 2 saturated heterocycles. The highest BCUT2D eigenvalue weighted by atomic mass is 16.5. The van der Waals surface area contributed by atoms with Gasteiger partial charge >= 0.3 is 5.97 Å². The fourth-order valence-corrected chi connectivity index (χ4v) is 6.99. The summed E-state index contributed by atoms with van der Waals surface area (Å²) < 4.78 is 10.9. The van der Waals surface area contributed by atoms with Crippen molar-refractivity contribution in [2.24, 2.45) is 41.4 Å². The molecule has 0 aromatic heterocycles. The van der Waals surface area contributed by atoms with Crippen molar-refractivity contribution in [3.8, 4) is 11.5 Å². The molecule has 188 valence electrons. The fraction of sp³-hybridized carbons (Fsp3) is 0.379. The molecule has 2 aliphatic heterocycles. The number of anilines is 2. The first-order valence-electron chi connectivity index (χ1n) is 12.8. The van der Waals surface area contributed by atoms with Crippen LogP contribution in [0.15, 0.2) is 60.7 Å². The third kappa shape index (κ3) is 3.35. The third-order valence-electron chi connectivity index (χ3n) is 8.78. The molecule has 2 saturated carbocycles. The quantitative estimate of drug-likeness (QED) is 0.272. The van der Waals surface area contributed by atoms with Gasteiger partial charge in [0.05, 0.1) is 30.6 Å². The van der Waals surface area contributed by atoms with E-state index in [1.54, 1.807) is 60.5 Å². The molecule has 2 aromatic rings. The summed E-state index contributed by atoms with van der Waals surface area (Å²) in [6, 6.07) is 13.7. The fourth-order valence-electron chi connectivity index (χ4n) is 6.99. The minimum atomic E-state index is -0.631. The lowest BCUT2D eigenvalue weighted by atomic mass is 9.63. The van der Waals surface area contributed by atoms with E-state index in [0.717, 1.165) is 6.42 Å². The van der Waals surface area contributed by atoms with Crippen molar-refractivity contribution in [2.75, 3.05) is 23.5 Å². The van der Waals surface area contributed by atoms with Gasteiger partial charge in [-0.2, -0.15) is 0 Å². The molecular weight excluding hydrogens is 472 g/mol. The van der Waals surface area contributed by atoms with E-state index in [4.69, 9.17) is 9.47 Å². The Morgan fingerprint density at radius 1 is 0.865 bits per heavy atom.